The van der Waals surface area contributed by atoms with Crippen LogP contribution in [-0.2, 0) is 9.59 Å². The molecule has 0 radical (unpaired) electrons. The Bertz CT molecular complexity index is 313. The van der Waals surface area contributed by atoms with Crippen LogP contribution in [0.2, 0.25) is 0 Å². The zero-order valence-corrected chi connectivity index (χ0v) is 12.6. The van der Waals surface area contributed by atoms with Crippen molar-refractivity contribution in [1.29, 1.82) is 0 Å². The molecule has 1 rings (SSSR count). The summed E-state index contributed by atoms with van der Waals surface area (Å²) in [7, 11) is 0. The zero-order chi connectivity index (χ0) is 15.5. The molecule has 1 fully saturated rings. The lowest BCUT2D eigenvalue weighted by Crippen LogP contribution is -2.46. The molecule has 1 heterocycles. The van der Waals surface area contributed by atoms with Gasteiger partial charge in [-0.25, -0.2) is 0 Å². The molecular weight excluding hydrogens is 272 g/mol. The van der Waals surface area contributed by atoms with Gasteiger partial charge in [0.05, 0.1) is 0 Å². The number of nitrogens with zero attached hydrogens (tertiary/aromatic N) is 1. The number of nitrogens with one attached hydrogen (secondary N) is 2. The Labute approximate surface area is 126 Å². The summed E-state index contributed by atoms with van der Waals surface area (Å²) in [6, 6.07) is -0.625. The number of hydrogen-bond acceptors (Lipinski definition) is 5. The van der Waals surface area contributed by atoms with E-state index in [1.165, 1.54) is 0 Å². The van der Waals surface area contributed by atoms with E-state index in [2.05, 4.69) is 10.6 Å². The first-order chi connectivity index (χ1) is 10.1. The second kappa shape index (κ2) is 10.5. The number of hydrogen-bond donors (Lipinski definition) is 4. The molecule has 0 saturated carbocycles. The quantitative estimate of drug-likeness (QED) is 0.538. The summed E-state index contributed by atoms with van der Waals surface area (Å²) in [5.74, 6) is -1.31. The van der Waals surface area contributed by atoms with E-state index in [0.717, 1.165) is 52.0 Å². The lowest BCUT2D eigenvalue weighted by atomic mass is 10.1. The van der Waals surface area contributed by atoms with Gasteiger partial charge in [-0.3, -0.25) is 14.5 Å². The van der Waals surface area contributed by atoms with Gasteiger partial charge < -0.3 is 21.5 Å². The summed E-state index contributed by atoms with van der Waals surface area (Å²) >= 11 is 0. The lowest BCUT2D eigenvalue weighted by molar-refractivity contribution is -0.143. The van der Waals surface area contributed by atoms with Gasteiger partial charge in [0.25, 0.3) is 0 Å². The molecule has 7 nitrogen and oxygen atoms in total. The number of carbonyl (C=O) groups is 2. The summed E-state index contributed by atoms with van der Waals surface area (Å²) in [6.07, 6.45) is 3.56. The van der Waals surface area contributed by atoms with Crippen LogP contribution < -0.4 is 16.4 Å². The van der Waals surface area contributed by atoms with Crippen LogP contribution in [0.1, 0.15) is 32.1 Å². The van der Waals surface area contributed by atoms with Crippen LogP contribution in [0.5, 0.6) is 0 Å². The summed E-state index contributed by atoms with van der Waals surface area (Å²) in [5, 5.41) is 16.1. The molecule has 1 aliphatic heterocycles. The fraction of sp³-hybridized carbons (Fsp3) is 0.857. The number of nitrogens with two attached hydrogens (primary N) is 1. The van der Waals surface area contributed by atoms with Crippen molar-refractivity contribution in [3.05, 3.63) is 0 Å². The smallest absolute Gasteiger partial charge is 0.320 e. The van der Waals surface area contributed by atoms with Gasteiger partial charge in [-0.1, -0.05) is 6.42 Å². The van der Waals surface area contributed by atoms with E-state index in [0.29, 0.717) is 6.54 Å². The Kier molecular flexibility index (Phi) is 8.96. The van der Waals surface area contributed by atoms with E-state index in [9.17, 15) is 14.7 Å². The van der Waals surface area contributed by atoms with Crippen molar-refractivity contribution < 1.29 is 14.7 Å². The monoisotopic (exact) mass is 300 g/mol. The van der Waals surface area contributed by atoms with Gasteiger partial charge in [0.2, 0.25) is 5.91 Å². The number of primary amides is 1. The van der Waals surface area contributed by atoms with Crippen LogP contribution in [0.3, 0.4) is 0 Å². The van der Waals surface area contributed by atoms with Crippen LogP contribution in [0.4, 0.5) is 0 Å². The average Bonchev–Trinajstić information content (AvgIpc) is 2.40. The molecule has 0 aromatic heterocycles. The van der Waals surface area contributed by atoms with Gasteiger partial charge in [0.15, 0.2) is 0 Å². The number of carboxylic acids is 1. The Morgan fingerprint density at radius 2 is 1.76 bits per heavy atom. The summed E-state index contributed by atoms with van der Waals surface area (Å²) < 4.78 is 0. The fourth-order valence-electron chi connectivity index (χ4n) is 2.56. The topological polar surface area (TPSA) is 108 Å². The highest BCUT2D eigenvalue weighted by Gasteiger charge is 2.25. The molecular formula is C14H28N4O3. The molecule has 7 heteroatoms. The standard InChI is InChI=1S/C14H28N4O3/c15-13(19)5-4-12(14(20)21)18-10-3-1-2-6-16-7-8-17-9-11-18/h12,16-17H,1-11H2,(H2,15,19)(H,20,21). The van der Waals surface area contributed by atoms with E-state index < -0.39 is 17.9 Å². The maximum absolute atomic E-state index is 11.5. The Morgan fingerprint density at radius 1 is 1.05 bits per heavy atom. The minimum Gasteiger partial charge on any atom is -0.480 e. The molecule has 1 amide bonds. The molecule has 1 atom stereocenters. The van der Waals surface area contributed by atoms with Crippen molar-refractivity contribution in [3.8, 4) is 0 Å². The second-order valence-electron chi connectivity index (χ2n) is 5.46. The normalized spacial score (nSPS) is 21.0. The molecule has 1 aliphatic rings. The predicted molar refractivity (Wildman–Crippen MR) is 81.0 cm³/mol. The van der Waals surface area contributed by atoms with Crippen molar-refractivity contribution in [3.63, 3.8) is 0 Å². The summed E-state index contributed by atoms with van der Waals surface area (Å²) in [4.78, 5) is 24.3. The van der Waals surface area contributed by atoms with Gasteiger partial charge in [0.1, 0.15) is 6.04 Å². The highest BCUT2D eigenvalue weighted by atomic mass is 16.4. The van der Waals surface area contributed by atoms with E-state index >= 15 is 0 Å². The van der Waals surface area contributed by atoms with Gasteiger partial charge in [-0.05, 0) is 32.4 Å². The van der Waals surface area contributed by atoms with Crippen molar-refractivity contribution in [2.75, 3.05) is 39.3 Å². The van der Waals surface area contributed by atoms with Gasteiger partial charge in [-0.15, -0.1) is 0 Å². The zero-order valence-electron chi connectivity index (χ0n) is 12.6. The largest absolute Gasteiger partial charge is 0.480 e. The Balaban J connectivity index is 2.56. The molecule has 122 valence electrons. The van der Waals surface area contributed by atoms with Crippen molar-refractivity contribution >= 4 is 11.9 Å². The third-order valence-corrected chi connectivity index (χ3v) is 3.74. The molecule has 0 spiro atoms. The Morgan fingerprint density at radius 3 is 2.43 bits per heavy atom. The van der Waals surface area contributed by atoms with Gasteiger partial charge in [-0.2, -0.15) is 0 Å². The fourth-order valence-corrected chi connectivity index (χ4v) is 2.56. The molecule has 1 unspecified atom stereocenters. The predicted octanol–water partition coefficient (Wildman–Crippen LogP) is -0.630. The third kappa shape index (κ3) is 7.99. The maximum Gasteiger partial charge on any atom is 0.320 e. The second-order valence-corrected chi connectivity index (χ2v) is 5.46. The number of carbonyl (C=O) groups excluding carboxylic acids is 1. The molecule has 1 saturated heterocycles. The molecule has 0 bridgehead atoms. The van der Waals surface area contributed by atoms with E-state index in [-0.39, 0.29) is 12.8 Å². The van der Waals surface area contributed by atoms with Crippen LogP contribution in [0.25, 0.3) is 0 Å². The molecule has 5 N–H and O–H groups in total. The number of carboxylic acid groups (broad SMARTS) is 1. The highest BCUT2D eigenvalue weighted by molar-refractivity contribution is 5.77. The summed E-state index contributed by atoms with van der Waals surface area (Å²) in [5.41, 5.74) is 5.14. The minimum absolute atomic E-state index is 0.116. The van der Waals surface area contributed by atoms with Crippen LogP contribution in [0, 0.1) is 0 Å². The Hall–Kier alpha value is -1.18. The highest BCUT2D eigenvalue weighted by Crippen LogP contribution is 2.10. The van der Waals surface area contributed by atoms with Crippen molar-refractivity contribution in [2.45, 2.75) is 38.1 Å². The minimum atomic E-state index is -0.870. The van der Waals surface area contributed by atoms with Gasteiger partial charge >= 0.3 is 5.97 Å². The first-order valence-electron chi connectivity index (χ1n) is 7.78. The van der Waals surface area contributed by atoms with Crippen LogP contribution in [0.15, 0.2) is 0 Å². The SMILES string of the molecule is NC(=O)CCC(C(=O)O)N1CCCCCNCCNCC1. The lowest BCUT2D eigenvalue weighted by Gasteiger charge is -2.29. The average molecular weight is 300 g/mol. The summed E-state index contributed by atoms with van der Waals surface area (Å²) in [6.45, 7) is 5.00. The molecule has 0 aromatic rings. The number of amides is 1. The number of aliphatic carboxylic acids is 1. The first-order valence-corrected chi connectivity index (χ1v) is 7.78. The van der Waals surface area contributed by atoms with E-state index in [1.807, 2.05) is 4.90 Å². The van der Waals surface area contributed by atoms with E-state index in [4.69, 9.17) is 5.73 Å². The number of rotatable bonds is 5. The van der Waals surface area contributed by atoms with Gasteiger partial charge in [0, 0.05) is 32.6 Å². The molecule has 21 heavy (non-hydrogen) atoms. The maximum atomic E-state index is 11.5. The van der Waals surface area contributed by atoms with Crippen molar-refractivity contribution in [1.82, 2.24) is 15.5 Å². The third-order valence-electron chi connectivity index (χ3n) is 3.74. The van der Waals surface area contributed by atoms with Crippen LogP contribution >= 0.6 is 0 Å². The molecule has 0 aromatic carbocycles. The first kappa shape index (κ1) is 17.9. The van der Waals surface area contributed by atoms with Crippen molar-refractivity contribution in [2.24, 2.45) is 5.73 Å². The van der Waals surface area contributed by atoms with E-state index in [1.54, 1.807) is 0 Å². The molecule has 0 aliphatic carbocycles. The van der Waals surface area contributed by atoms with Crippen LogP contribution in [-0.4, -0.2) is 67.2 Å².